The predicted octanol–water partition coefficient (Wildman–Crippen LogP) is 2.75. The van der Waals surface area contributed by atoms with Crippen LogP contribution in [0.2, 0.25) is 0 Å². The van der Waals surface area contributed by atoms with Gasteiger partial charge in [0.05, 0.1) is 17.0 Å². The Kier molecular flexibility index (Phi) is 6.36. The largest absolute Gasteiger partial charge is 0.323 e. The number of primary sulfonamides is 1. The first-order valence-electron chi connectivity index (χ1n) is 11.1. The topological polar surface area (TPSA) is 118 Å². The molecule has 2 aromatic carbocycles. The number of imide groups is 1. The average molecular weight is 470 g/mol. The van der Waals surface area contributed by atoms with Gasteiger partial charge in [-0.15, -0.1) is 0 Å². The van der Waals surface area contributed by atoms with Crippen LogP contribution in [0.3, 0.4) is 0 Å². The third kappa shape index (κ3) is 4.56. The van der Waals surface area contributed by atoms with Gasteiger partial charge in [-0.05, 0) is 55.7 Å². The maximum absolute atomic E-state index is 13.7. The maximum Gasteiger partial charge on any atom is 0.257 e. The van der Waals surface area contributed by atoms with E-state index < -0.39 is 27.9 Å². The van der Waals surface area contributed by atoms with Gasteiger partial charge < -0.3 is 4.90 Å². The first kappa shape index (κ1) is 23.1. The van der Waals surface area contributed by atoms with Crippen molar-refractivity contribution < 1.29 is 22.8 Å². The Hall–Kier alpha value is -3.04. The molecule has 9 heteroatoms. The van der Waals surface area contributed by atoms with Gasteiger partial charge in [0.2, 0.25) is 15.9 Å². The van der Waals surface area contributed by atoms with Gasteiger partial charge >= 0.3 is 0 Å². The Balaban J connectivity index is 1.68. The monoisotopic (exact) mass is 469 g/mol. The minimum absolute atomic E-state index is 0.107. The van der Waals surface area contributed by atoms with Gasteiger partial charge in [-0.25, -0.2) is 18.5 Å². The minimum atomic E-state index is -3.90. The summed E-state index contributed by atoms with van der Waals surface area (Å²) in [4.78, 5) is 42.6. The molecule has 2 aromatic rings. The number of amides is 3. The highest BCUT2D eigenvalue weighted by Crippen LogP contribution is 2.33. The zero-order chi connectivity index (χ0) is 23.8. The molecular formula is C24H27N3O5S. The van der Waals surface area contributed by atoms with Crippen LogP contribution in [0.5, 0.6) is 0 Å². The molecule has 8 nitrogen and oxygen atoms in total. The summed E-state index contributed by atoms with van der Waals surface area (Å²) in [5.41, 5.74) is 1.60. The lowest BCUT2D eigenvalue weighted by atomic mass is 9.91. The molecule has 174 valence electrons. The van der Waals surface area contributed by atoms with Crippen LogP contribution in [0, 0.1) is 6.92 Å². The number of hydrogen-bond acceptors (Lipinski definition) is 5. The summed E-state index contributed by atoms with van der Waals surface area (Å²) < 4.78 is 23.1. The average Bonchev–Trinajstić information content (AvgIpc) is 3.08. The number of sulfonamides is 1. The smallest absolute Gasteiger partial charge is 0.257 e. The van der Waals surface area contributed by atoms with E-state index in [9.17, 15) is 22.8 Å². The Morgan fingerprint density at radius 3 is 2.24 bits per heavy atom. The molecule has 1 atom stereocenters. The summed E-state index contributed by atoms with van der Waals surface area (Å²) in [6.45, 7) is 1.85. The number of carbonyl (C=O) groups excluding carboxylic acids is 3. The van der Waals surface area contributed by atoms with Crippen LogP contribution < -0.4 is 10.0 Å². The van der Waals surface area contributed by atoms with Gasteiger partial charge in [0.15, 0.2) is 0 Å². The lowest BCUT2D eigenvalue weighted by Gasteiger charge is -2.37. The molecule has 0 bridgehead atoms. The quantitative estimate of drug-likeness (QED) is 0.676. The SMILES string of the molecule is Cc1ccccc1C(=O)N(C1CCCCC1)C1CC(=O)N(c2ccc(S(N)(=O)=O)cc2)C1=O. The molecule has 1 saturated carbocycles. The van der Waals surface area contributed by atoms with E-state index in [0.717, 1.165) is 42.6 Å². The first-order chi connectivity index (χ1) is 15.7. The van der Waals surface area contributed by atoms with Crippen molar-refractivity contribution in [3.05, 3.63) is 59.7 Å². The van der Waals surface area contributed by atoms with Crippen molar-refractivity contribution in [2.45, 2.75) is 62.4 Å². The molecule has 2 fully saturated rings. The fraction of sp³-hybridized carbons (Fsp3) is 0.375. The Labute approximate surface area is 193 Å². The van der Waals surface area contributed by atoms with Crippen LogP contribution in [0.15, 0.2) is 53.4 Å². The van der Waals surface area contributed by atoms with Crippen molar-refractivity contribution in [1.29, 1.82) is 0 Å². The van der Waals surface area contributed by atoms with Crippen molar-refractivity contribution in [2.75, 3.05) is 4.90 Å². The third-order valence-electron chi connectivity index (χ3n) is 6.46. The van der Waals surface area contributed by atoms with E-state index in [4.69, 9.17) is 5.14 Å². The van der Waals surface area contributed by atoms with Gasteiger partial charge in [-0.2, -0.15) is 0 Å². The zero-order valence-corrected chi connectivity index (χ0v) is 19.3. The second-order valence-corrected chi connectivity index (χ2v) is 10.2. The van der Waals surface area contributed by atoms with Gasteiger partial charge in [-0.3, -0.25) is 14.4 Å². The van der Waals surface area contributed by atoms with Crippen LogP contribution in [0.1, 0.15) is 54.4 Å². The third-order valence-corrected chi connectivity index (χ3v) is 7.39. The van der Waals surface area contributed by atoms with Crippen LogP contribution in [-0.2, 0) is 19.6 Å². The Morgan fingerprint density at radius 1 is 1.00 bits per heavy atom. The number of nitrogens with zero attached hydrogens (tertiary/aromatic N) is 2. The van der Waals surface area contributed by atoms with Crippen molar-refractivity contribution >= 4 is 33.4 Å². The number of carbonyl (C=O) groups is 3. The molecule has 2 N–H and O–H groups in total. The number of nitrogens with two attached hydrogens (primary N) is 1. The molecule has 0 spiro atoms. The number of hydrogen-bond donors (Lipinski definition) is 1. The van der Waals surface area contributed by atoms with Crippen LogP contribution in [0.25, 0.3) is 0 Å². The molecule has 1 saturated heterocycles. The second kappa shape index (κ2) is 9.07. The maximum atomic E-state index is 13.7. The van der Waals surface area contributed by atoms with E-state index in [2.05, 4.69) is 0 Å². The van der Waals surface area contributed by atoms with Gasteiger partial charge in [-0.1, -0.05) is 37.5 Å². The van der Waals surface area contributed by atoms with E-state index in [1.165, 1.54) is 24.3 Å². The molecule has 3 amide bonds. The summed E-state index contributed by atoms with van der Waals surface area (Å²) in [7, 11) is -3.90. The second-order valence-electron chi connectivity index (χ2n) is 8.65. The highest BCUT2D eigenvalue weighted by molar-refractivity contribution is 7.89. The minimum Gasteiger partial charge on any atom is -0.323 e. The molecule has 1 unspecified atom stereocenters. The summed E-state index contributed by atoms with van der Waals surface area (Å²) in [6, 6.07) is 11.5. The van der Waals surface area contributed by atoms with Crippen molar-refractivity contribution in [1.82, 2.24) is 4.90 Å². The molecule has 2 aliphatic rings. The number of anilines is 1. The van der Waals surface area contributed by atoms with E-state index in [1.54, 1.807) is 17.0 Å². The molecule has 1 aliphatic carbocycles. The van der Waals surface area contributed by atoms with Gasteiger partial charge in [0.1, 0.15) is 6.04 Å². The van der Waals surface area contributed by atoms with Crippen molar-refractivity contribution in [3.63, 3.8) is 0 Å². The highest BCUT2D eigenvalue weighted by atomic mass is 32.2. The molecule has 1 aliphatic heterocycles. The number of rotatable bonds is 5. The van der Waals surface area contributed by atoms with Crippen molar-refractivity contribution in [3.8, 4) is 0 Å². The van der Waals surface area contributed by atoms with Crippen LogP contribution >= 0.6 is 0 Å². The summed E-state index contributed by atoms with van der Waals surface area (Å²) in [5.74, 6) is -1.14. The fourth-order valence-corrected chi connectivity index (χ4v) is 5.28. The molecule has 0 aromatic heterocycles. The fourth-order valence-electron chi connectivity index (χ4n) is 4.76. The summed E-state index contributed by atoms with van der Waals surface area (Å²) in [6.07, 6.45) is 4.50. The standard InChI is InChI=1S/C24H27N3O5S/c1-16-7-5-6-10-20(16)23(29)26(17-8-3-2-4-9-17)21-15-22(28)27(24(21)30)18-11-13-19(14-12-18)33(25,31)32/h5-7,10-14,17,21H,2-4,8-9,15H2,1H3,(H2,25,31,32). The predicted molar refractivity (Wildman–Crippen MR) is 123 cm³/mol. The Bertz CT molecular complexity index is 1190. The number of benzene rings is 2. The highest BCUT2D eigenvalue weighted by Gasteiger charge is 2.46. The van der Waals surface area contributed by atoms with E-state index in [-0.39, 0.29) is 29.0 Å². The summed E-state index contributed by atoms with van der Waals surface area (Å²) >= 11 is 0. The van der Waals surface area contributed by atoms with E-state index in [0.29, 0.717) is 5.56 Å². The van der Waals surface area contributed by atoms with E-state index in [1.807, 2.05) is 19.1 Å². The lowest BCUT2D eigenvalue weighted by Crippen LogP contribution is -2.51. The molecule has 33 heavy (non-hydrogen) atoms. The molecular weight excluding hydrogens is 442 g/mol. The van der Waals surface area contributed by atoms with Gasteiger partial charge in [0, 0.05) is 11.6 Å². The van der Waals surface area contributed by atoms with Crippen molar-refractivity contribution in [2.24, 2.45) is 5.14 Å². The lowest BCUT2D eigenvalue weighted by molar-refractivity contribution is -0.123. The molecule has 0 radical (unpaired) electrons. The zero-order valence-electron chi connectivity index (χ0n) is 18.4. The van der Waals surface area contributed by atoms with Gasteiger partial charge in [0.25, 0.3) is 11.8 Å². The Morgan fingerprint density at radius 2 is 1.64 bits per heavy atom. The normalized spacial score (nSPS) is 19.7. The molecule has 4 rings (SSSR count). The first-order valence-corrected chi connectivity index (χ1v) is 12.6. The summed E-state index contributed by atoms with van der Waals surface area (Å²) in [5, 5.41) is 5.14. The molecule has 1 heterocycles. The van der Waals surface area contributed by atoms with E-state index >= 15 is 0 Å². The van der Waals surface area contributed by atoms with Crippen LogP contribution in [0.4, 0.5) is 5.69 Å². The van der Waals surface area contributed by atoms with Crippen LogP contribution in [-0.4, -0.2) is 43.1 Å². The number of aryl methyl sites for hydroxylation is 1.